The van der Waals surface area contributed by atoms with Crippen LogP contribution in [0.15, 0.2) is 36.7 Å². The lowest BCUT2D eigenvalue weighted by atomic mass is 10.3. The van der Waals surface area contributed by atoms with E-state index in [4.69, 9.17) is 0 Å². The lowest BCUT2D eigenvalue weighted by Gasteiger charge is -2.23. The maximum absolute atomic E-state index is 12.2. The topological polar surface area (TPSA) is 67.2 Å². The lowest BCUT2D eigenvalue weighted by molar-refractivity contribution is -0.132. The predicted octanol–water partition coefficient (Wildman–Crippen LogP) is 0.412. The SMILES string of the molecule is O=C(Cn1ncnn1)N1CCCN(c2ccccc2)CC1. The summed E-state index contributed by atoms with van der Waals surface area (Å²) in [6.07, 6.45) is 2.30. The van der Waals surface area contributed by atoms with Gasteiger partial charge in [-0.15, -0.1) is 10.2 Å². The molecule has 0 saturated carbocycles. The van der Waals surface area contributed by atoms with E-state index in [-0.39, 0.29) is 12.5 Å². The van der Waals surface area contributed by atoms with Crippen LogP contribution in [0.1, 0.15) is 6.42 Å². The van der Waals surface area contributed by atoms with Crippen LogP contribution in [0.25, 0.3) is 0 Å². The smallest absolute Gasteiger partial charge is 0.246 e. The van der Waals surface area contributed by atoms with Crippen molar-refractivity contribution in [2.45, 2.75) is 13.0 Å². The summed E-state index contributed by atoms with van der Waals surface area (Å²) in [6.45, 7) is 3.47. The van der Waals surface area contributed by atoms with Gasteiger partial charge in [-0.05, 0) is 23.8 Å². The van der Waals surface area contributed by atoms with Crippen LogP contribution < -0.4 is 4.90 Å². The molecule has 1 aromatic heterocycles. The van der Waals surface area contributed by atoms with Crippen molar-refractivity contribution in [3.63, 3.8) is 0 Å². The quantitative estimate of drug-likeness (QED) is 0.817. The average Bonchev–Trinajstić information content (AvgIpc) is 2.89. The zero-order valence-corrected chi connectivity index (χ0v) is 11.8. The van der Waals surface area contributed by atoms with Gasteiger partial charge in [0.15, 0.2) is 6.33 Å². The van der Waals surface area contributed by atoms with Crippen molar-refractivity contribution in [1.29, 1.82) is 0 Å². The molecule has 1 aliphatic heterocycles. The minimum atomic E-state index is 0.0444. The Hall–Kier alpha value is -2.44. The van der Waals surface area contributed by atoms with E-state index in [0.717, 1.165) is 32.6 Å². The molecule has 1 aromatic carbocycles. The van der Waals surface area contributed by atoms with Gasteiger partial charge >= 0.3 is 0 Å². The number of aromatic nitrogens is 4. The number of tetrazole rings is 1. The number of carbonyl (C=O) groups excluding carboxylic acids is 1. The van der Waals surface area contributed by atoms with Crippen LogP contribution in [-0.4, -0.2) is 57.2 Å². The zero-order chi connectivity index (χ0) is 14.5. The molecule has 0 bridgehead atoms. The maximum atomic E-state index is 12.2. The molecule has 7 nitrogen and oxygen atoms in total. The first-order chi connectivity index (χ1) is 10.3. The van der Waals surface area contributed by atoms with E-state index in [2.05, 4.69) is 32.4 Å². The molecular formula is C14H18N6O. The van der Waals surface area contributed by atoms with E-state index in [0.29, 0.717) is 0 Å². The first-order valence-electron chi connectivity index (χ1n) is 7.11. The van der Waals surface area contributed by atoms with Gasteiger partial charge in [-0.25, -0.2) is 0 Å². The molecule has 0 atom stereocenters. The Morgan fingerprint density at radius 2 is 1.95 bits per heavy atom. The van der Waals surface area contributed by atoms with E-state index in [1.165, 1.54) is 16.8 Å². The summed E-state index contributed by atoms with van der Waals surface area (Å²) in [4.78, 5) is 17.8. The third kappa shape index (κ3) is 3.36. The number of amides is 1. The minimum Gasteiger partial charge on any atom is -0.370 e. The number of para-hydroxylation sites is 1. The molecule has 0 radical (unpaired) electrons. The van der Waals surface area contributed by atoms with Gasteiger partial charge in [0, 0.05) is 31.9 Å². The second-order valence-corrected chi connectivity index (χ2v) is 5.02. The summed E-state index contributed by atoms with van der Waals surface area (Å²) >= 11 is 0. The molecule has 0 unspecified atom stereocenters. The molecule has 1 fully saturated rings. The Morgan fingerprint density at radius 1 is 1.10 bits per heavy atom. The standard InChI is InChI=1S/C14H18N6O/c21-14(11-20-16-12-15-17-20)19-8-4-7-18(9-10-19)13-5-2-1-3-6-13/h1-3,5-6,12H,4,7-11H2. The number of rotatable bonds is 3. The second-order valence-electron chi connectivity index (χ2n) is 5.02. The summed E-state index contributed by atoms with van der Waals surface area (Å²) in [5.74, 6) is 0.0444. The van der Waals surface area contributed by atoms with Gasteiger partial charge in [0.25, 0.3) is 0 Å². The third-order valence-electron chi connectivity index (χ3n) is 3.64. The highest BCUT2D eigenvalue weighted by molar-refractivity contribution is 5.75. The van der Waals surface area contributed by atoms with Crippen LogP contribution in [0.2, 0.25) is 0 Å². The number of carbonyl (C=O) groups is 1. The van der Waals surface area contributed by atoms with Crippen molar-refractivity contribution in [2.75, 3.05) is 31.1 Å². The van der Waals surface area contributed by atoms with Crippen LogP contribution >= 0.6 is 0 Å². The number of nitrogens with zero attached hydrogens (tertiary/aromatic N) is 6. The lowest BCUT2D eigenvalue weighted by Crippen LogP contribution is -2.37. The maximum Gasteiger partial charge on any atom is 0.246 e. The van der Waals surface area contributed by atoms with E-state index in [9.17, 15) is 4.79 Å². The molecule has 1 saturated heterocycles. The van der Waals surface area contributed by atoms with Crippen LogP contribution in [0.4, 0.5) is 5.69 Å². The number of anilines is 1. The first-order valence-corrected chi connectivity index (χ1v) is 7.11. The van der Waals surface area contributed by atoms with Crippen molar-refractivity contribution < 1.29 is 4.79 Å². The highest BCUT2D eigenvalue weighted by Gasteiger charge is 2.19. The normalized spacial score (nSPS) is 15.8. The molecule has 110 valence electrons. The predicted molar refractivity (Wildman–Crippen MR) is 77.7 cm³/mol. The van der Waals surface area contributed by atoms with Crippen LogP contribution in [0.5, 0.6) is 0 Å². The molecule has 21 heavy (non-hydrogen) atoms. The van der Waals surface area contributed by atoms with Crippen molar-refractivity contribution >= 4 is 11.6 Å². The molecule has 2 aromatic rings. The van der Waals surface area contributed by atoms with Crippen LogP contribution in [-0.2, 0) is 11.3 Å². The zero-order valence-electron chi connectivity index (χ0n) is 11.8. The van der Waals surface area contributed by atoms with E-state index in [1.807, 2.05) is 23.1 Å². The fraction of sp³-hybridized carbons (Fsp3) is 0.429. The fourth-order valence-electron chi connectivity index (χ4n) is 2.55. The Bertz CT molecular complexity index is 570. The first kappa shape index (κ1) is 13.5. The Kier molecular flexibility index (Phi) is 4.09. The molecule has 0 N–H and O–H groups in total. The summed E-state index contributed by atoms with van der Waals surface area (Å²) in [7, 11) is 0. The van der Waals surface area contributed by atoms with E-state index < -0.39 is 0 Å². The molecule has 7 heteroatoms. The number of hydrogen-bond acceptors (Lipinski definition) is 5. The largest absolute Gasteiger partial charge is 0.370 e. The molecule has 0 spiro atoms. The Balaban J connectivity index is 1.59. The van der Waals surface area contributed by atoms with Crippen molar-refractivity contribution in [2.24, 2.45) is 0 Å². The van der Waals surface area contributed by atoms with Gasteiger partial charge in [0.05, 0.1) is 0 Å². The molecule has 1 aliphatic rings. The fourth-order valence-corrected chi connectivity index (χ4v) is 2.55. The molecular weight excluding hydrogens is 268 g/mol. The van der Waals surface area contributed by atoms with Gasteiger partial charge in [-0.2, -0.15) is 4.80 Å². The van der Waals surface area contributed by atoms with Gasteiger partial charge in [-0.3, -0.25) is 4.79 Å². The third-order valence-corrected chi connectivity index (χ3v) is 3.64. The summed E-state index contributed by atoms with van der Waals surface area (Å²) in [5, 5.41) is 11.2. The molecule has 2 heterocycles. The summed E-state index contributed by atoms with van der Waals surface area (Å²) in [6, 6.07) is 10.3. The highest BCUT2D eigenvalue weighted by Crippen LogP contribution is 2.15. The number of hydrogen-bond donors (Lipinski definition) is 0. The Labute approximate surface area is 123 Å². The minimum absolute atomic E-state index is 0.0444. The molecule has 0 aliphatic carbocycles. The molecule has 1 amide bonds. The van der Waals surface area contributed by atoms with Gasteiger partial charge < -0.3 is 9.80 Å². The van der Waals surface area contributed by atoms with Crippen LogP contribution in [0, 0.1) is 0 Å². The number of benzene rings is 1. The van der Waals surface area contributed by atoms with Crippen molar-refractivity contribution in [3.05, 3.63) is 36.7 Å². The van der Waals surface area contributed by atoms with Gasteiger partial charge in [0.1, 0.15) is 6.54 Å². The second kappa shape index (κ2) is 6.34. The summed E-state index contributed by atoms with van der Waals surface area (Å²) in [5.41, 5.74) is 1.21. The van der Waals surface area contributed by atoms with Crippen LogP contribution in [0.3, 0.4) is 0 Å². The van der Waals surface area contributed by atoms with Gasteiger partial charge in [-0.1, -0.05) is 18.2 Å². The summed E-state index contributed by atoms with van der Waals surface area (Å²) < 4.78 is 0. The Morgan fingerprint density at radius 3 is 2.71 bits per heavy atom. The average molecular weight is 286 g/mol. The van der Waals surface area contributed by atoms with Gasteiger partial charge in [0.2, 0.25) is 5.91 Å². The van der Waals surface area contributed by atoms with E-state index >= 15 is 0 Å². The molecule has 3 rings (SSSR count). The van der Waals surface area contributed by atoms with Crippen molar-refractivity contribution in [3.8, 4) is 0 Å². The highest BCUT2D eigenvalue weighted by atomic mass is 16.2. The van der Waals surface area contributed by atoms with E-state index in [1.54, 1.807) is 0 Å². The van der Waals surface area contributed by atoms with Crippen molar-refractivity contribution in [1.82, 2.24) is 25.1 Å². The monoisotopic (exact) mass is 286 g/mol.